The van der Waals surface area contributed by atoms with E-state index in [4.69, 9.17) is 23.2 Å². The summed E-state index contributed by atoms with van der Waals surface area (Å²) in [5.41, 5.74) is 3.58. The first-order valence-corrected chi connectivity index (χ1v) is 7.41. The molecule has 0 aliphatic carbocycles. The fourth-order valence-corrected chi connectivity index (χ4v) is 2.36. The second-order valence-electron chi connectivity index (χ2n) is 5.89. The maximum absolute atomic E-state index is 6.17. The van der Waals surface area contributed by atoms with Crippen molar-refractivity contribution in [3.8, 4) is 0 Å². The van der Waals surface area contributed by atoms with E-state index >= 15 is 0 Å². The molecule has 0 aliphatic heterocycles. The Morgan fingerprint density at radius 1 is 0.950 bits per heavy atom. The van der Waals surface area contributed by atoms with Gasteiger partial charge in [-0.1, -0.05) is 68.2 Å². The summed E-state index contributed by atoms with van der Waals surface area (Å²) in [6.07, 6.45) is 0. The van der Waals surface area contributed by atoms with Crippen molar-refractivity contribution in [3.05, 3.63) is 63.6 Å². The Balaban J connectivity index is 2.06. The van der Waals surface area contributed by atoms with Gasteiger partial charge in [-0.25, -0.2) is 0 Å². The molecule has 0 radical (unpaired) electrons. The molecule has 1 nitrogen and oxygen atoms in total. The molecule has 0 spiro atoms. The van der Waals surface area contributed by atoms with Crippen LogP contribution in [0, 0.1) is 0 Å². The van der Waals surface area contributed by atoms with Crippen LogP contribution in [0.2, 0.25) is 10.0 Å². The average Bonchev–Trinajstić information content (AvgIpc) is 2.40. The lowest BCUT2D eigenvalue weighted by Gasteiger charge is -2.19. The predicted molar refractivity (Wildman–Crippen MR) is 88.9 cm³/mol. The predicted octanol–water partition coefficient (Wildman–Crippen LogP) is 5.90. The highest BCUT2D eigenvalue weighted by Gasteiger charge is 2.12. The Morgan fingerprint density at radius 3 is 2.20 bits per heavy atom. The molecule has 0 saturated heterocycles. The van der Waals surface area contributed by atoms with Crippen molar-refractivity contribution in [2.24, 2.45) is 0 Å². The third-order valence-electron chi connectivity index (χ3n) is 3.27. The normalized spacial score (nSPS) is 11.4. The molecular formula is C17H19Cl2N. The van der Waals surface area contributed by atoms with E-state index in [0.717, 1.165) is 11.3 Å². The van der Waals surface area contributed by atoms with Crippen molar-refractivity contribution in [1.82, 2.24) is 0 Å². The van der Waals surface area contributed by atoms with Gasteiger partial charge in [-0.15, -0.1) is 0 Å². The molecule has 2 aromatic carbocycles. The van der Waals surface area contributed by atoms with Crippen molar-refractivity contribution >= 4 is 28.9 Å². The number of anilines is 1. The molecule has 0 heterocycles. The van der Waals surface area contributed by atoms with Gasteiger partial charge in [-0.2, -0.15) is 0 Å². The van der Waals surface area contributed by atoms with E-state index in [1.807, 2.05) is 12.1 Å². The smallest absolute Gasteiger partial charge is 0.0642 e. The minimum Gasteiger partial charge on any atom is -0.381 e. The van der Waals surface area contributed by atoms with E-state index in [1.54, 1.807) is 6.07 Å². The number of nitrogens with one attached hydrogen (secondary N) is 1. The van der Waals surface area contributed by atoms with Crippen LogP contribution in [0.4, 0.5) is 5.69 Å². The van der Waals surface area contributed by atoms with Crippen molar-refractivity contribution < 1.29 is 0 Å². The van der Waals surface area contributed by atoms with Crippen LogP contribution in [0.1, 0.15) is 31.9 Å². The lowest BCUT2D eigenvalue weighted by Crippen LogP contribution is -2.10. The zero-order valence-corrected chi connectivity index (χ0v) is 13.5. The van der Waals surface area contributed by atoms with Crippen LogP contribution in [0.3, 0.4) is 0 Å². The van der Waals surface area contributed by atoms with Crippen LogP contribution in [0.5, 0.6) is 0 Å². The average molecular weight is 308 g/mol. The Kier molecular flexibility index (Phi) is 4.62. The van der Waals surface area contributed by atoms with Crippen molar-refractivity contribution in [3.63, 3.8) is 0 Å². The zero-order chi connectivity index (χ0) is 14.8. The van der Waals surface area contributed by atoms with Crippen LogP contribution in [0.25, 0.3) is 0 Å². The first kappa shape index (κ1) is 15.2. The maximum atomic E-state index is 6.17. The van der Waals surface area contributed by atoms with Gasteiger partial charge in [0.2, 0.25) is 0 Å². The van der Waals surface area contributed by atoms with E-state index in [2.05, 4.69) is 50.4 Å². The highest BCUT2D eigenvalue weighted by atomic mass is 35.5. The molecule has 0 unspecified atom stereocenters. The largest absolute Gasteiger partial charge is 0.381 e. The van der Waals surface area contributed by atoms with Gasteiger partial charge in [0, 0.05) is 12.2 Å². The molecule has 3 heteroatoms. The number of rotatable bonds is 3. The SMILES string of the molecule is CC(C)(C)c1ccc(NCc2cccc(Cl)c2Cl)cc1. The fraction of sp³-hybridized carbons (Fsp3) is 0.294. The fourth-order valence-electron chi connectivity index (χ4n) is 1.97. The van der Waals surface area contributed by atoms with E-state index < -0.39 is 0 Å². The molecule has 0 aromatic heterocycles. The van der Waals surface area contributed by atoms with Gasteiger partial charge < -0.3 is 5.32 Å². The monoisotopic (exact) mass is 307 g/mol. The van der Waals surface area contributed by atoms with Crippen LogP contribution in [-0.4, -0.2) is 0 Å². The molecule has 1 N–H and O–H groups in total. The Bertz CT molecular complexity index is 583. The van der Waals surface area contributed by atoms with Crippen molar-refractivity contribution in [2.45, 2.75) is 32.7 Å². The summed E-state index contributed by atoms with van der Waals surface area (Å²) >= 11 is 12.2. The molecule has 0 amide bonds. The summed E-state index contributed by atoms with van der Waals surface area (Å²) < 4.78 is 0. The Morgan fingerprint density at radius 2 is 1.60 bits per heavy atom. The number of hydrogen-bond donors (Lipinski definition) is 1. The summed E-state index contributed by atoms with van der Waals surface area (Å²) in [6.45, 7) is 7.29. The van der Waals surface area contributed by atoms with Crippen LogP contribution >= 0.6 is 23.2 Å². The molecule has 0 saturated carbocycles. The van der Waals surface area contributed by atoms with E-state index in [9.17, 15) is 0 Å². The molecular weight excluding hydrogens is 289 g/mol. The molecule has 0 fully saturated rings. The lowest BCUT2D eigenvalue weighted by atomic mass is 9.87. The number of benzene rings is 2. The lowest BCUT2D eigenvalue weighted by molar-refractivity contribution is 0.590. The Hall–Kier alpha value is -1.18. The molecule has 0 atom stereocenters. The van der Waals surface area contributed by atoms with Gasteiger partial charge in [-0.05, 0) is 34.7 Å². The minimum atomic E-state index is 0.175. The first-order chi connectivity index (χ1) is 9.38. The summed E-state index contributed by atoms with van der Waals surface area (Å²) in [5, 5.41) is 4.57. The van der Waals surface area contributed by atoms with Gasteiger partial charge in [0.1, 0.15) is 0 Å². The topological polar surface area (TPSA) is 12.0 Å². The summed E-state index contributed by atoms with van der Waals surface area (Å²) in [6, 6.07) is 14.2. The van der Waals surface area contributed by atoms with Crippen molar-refractivity contribution in [1.29, 1.82) is 0 Å². The standard InChI is InChI=1S/C17H19Cl2N/c1-17(2,3)13-7-9-14(10-8-13)20-11-12-5-4-6-15(18)16(12)19/h4-10,20H,11H2,1-3H3. The molecule has 20 heavy (non-hydrogen) atoms. The summed E-state index contributed by atoms with van der Waals surface area (Å²) in [5.74, 6) is 0. The van der Waals surface area contributed by atoms with Crippen LogP contribution < -0.4 is 5.32 Å². The van der Waals surface area contributed by atoms with E-state index in [-0.39, 0.29) is 5.41 Å². The van der Waals surface area contributed by atoms with E-state index in [0.29, 0.717) is 16.6 Å². The van der Waals surface area contributed by atoms with Crippen LogP contribution in [0.15, 0.2) is 42.5 Å². The van der Waals surface area contributed by atoms with Gasteiger partial charge >= 0.3 is 0 Å². The van der Waals surface area contributed by atoms with Gasteiger partial charge in [0.25, 0.3) is 0 Å². The van der Waals surface area contributed by atoms with Gasteiger partial charge in [-0.3, -0.25) is 0 Å². The van der Waals surface area contributed by atoms with Gasteiger partial charge in [0.15, 0.2) is 0 Å². The first-order valence-electron chi connectivity index (χ1n) is 6.65. The molecule has 0 aliphatic rings. The van der Waals surface area contributed by atoms with Crippen LogP contribution in [-0.2, 0) is 12.0 Å². The maximum Gasteiger partial charge on any atom is 0.0642 e. The van der Waals surface area contributed by atoms with E-state index in [1.165, 1.54) is 5.56 Å². The highest BCUT2D eigenvalue weighted by molar-refractivity contribution is 6.42. The summed E-state index contributed by atoms with van der Waals surface area (Å²) in [7, 11) is 0. The van der Waals surface area contributed by atoms with Gasteiger partial charge in [0.05, 0.1) is 10.0 Å². The number of halogens is 2. The quantitative estimate of drug-likeness (QED) is 0.744. The summed E-state index contributed by atoms with van der Waals surface area (Å²) in [4.78, 5) is 0. The number of hydrogen-bond acceptors (Lipinski definition) is 1. The minimum absolute atomic E-state index is 0.175. The third kappa shape index (κ3) is 3.68. The van der Waals surface area contributed by atoms with Crippen molar-refractivity contribution in [2.75, 3.05) is 5.32 Å². The second kappa shape index (κ2) is 6.07. The molecule has 2 rings (SSSR count). The Labute approximate surface area is 130 Å². The third-order valence-corrected chi connectivity index (χ3v) is 4.12. The molecule has 0 bridgehead atoms. The highest BCUT2D eigenvalue weighted by Crippen LogP contribution is 2.27. The molecule has 106 valence electrons. The molecule has 2 aromatic rings. The second-order valence-corrected chi connectivity index (χ2v) is 6.68. The zero-order valence-electron chi connectivity index (χ0n) is 12.0.